The second-order valence-electron chi connectivity index (χ2n) is 8.42. The second kappa shape index (κ2) is 6.73. The quantitative estimate of drug-likeness (QED) is 0.301. The van der Waals surface area contributed by atoms with Gasteiger partial charge in [0.15, 0.2) is 11.6 Å². The fraction of sp³-hybridized carbons (Fsp3) is 0.304. The lowest BCUT2D eigenvalue weighted by atomic mass is 9.59. The molecule has 0 bridgehead atoms. The molecule has 4 aliphatic rings. The van der Waals surface area contributed by atoms with Crippen molar-refractivity contribution >= 4 is 35.0 Å². The summed E-state index contributed by atoms with van der Waals surface area (Å²) in [5.41, 5.74) is 2.24. The van der Waals surface area contributed by atoms with Gasteiger partial charge in [-0.25, -0.2) is 0 Å². The van der Waals surface area contributed by atoms with Gasteiger partial charge in [0.25, 0.3) is 11.8 Å². The minimum atomic E-state index is -0.806. The molecule has 7 nitrogen and oxygen atoms in total. The molecule has 158 valence electrons. The number of hydroxylamine groups is 2. The highest BCUT2D eigenvalue weighted by atomic mass is 35.5. The Bertz CT molecular complexity index is 1190. The summed E-state index contributed by atoms with van der Waals surface area (Å²) in [6.07, 6.45) is 3.50. The second-order valence-corrected chi connectivity index (χ2v) is 8.83. The number of Topliss-reactive ketones (excluding diaryl/α,β-unsaturated/α-hetero) is 1. The number of carbonyl (C=O) groups is 4. The van der Waals surface area contributed by atoms with Crippen molar-refractivity contribution in [2.24, 2.45) is 17.8 Å². The zero-order valence-electron chi connectivity index (χ0n) is 16.5. The molecule has 2 amide bonds. The molecule has 1 heterocycles. The first-order valence-electron chi connectivity index (χ1n) is 9.96. The molecule has 3 aliphatic carbocycles. The Morgan fingerprint density at radius 3 is 2.55 bits per heavy atom. The molecule has 31 heavy (non-hydrogen) atoms. The zero-order valence-corrected chi connectivity index (χ0v) is 17.2. The third-order valence-corrected chi connectivity index (χ3v) is 7.16. The van der Waals surface area contributed by atoms with Gasteiger partial charge in [-0.2, -0.15) is 5.06 Å². The largest absolute Gasteiger partial charge is 0.508 e. The topological polar surface area (TPSA) is 112 Å². The summed E-state index contributed by atoms with van der Waals surface area (Å²) in [6, 6.07) is 4.42. The molecule has 5 rings (SSSR count). The SMILES string of the molecule is CC1=CC(=O)C2=C(C1=O)[C@@H](c1ccc(O)cc1Cl)C1=CC[C@@H]3C(=O)N(O)C(=O)[C@@H]3[C@@H]1C2. The summed E-state index contributed by atoms with van der Waals surface area (Å²) >= 11 is 6.44. The van der Waals surface area contributed by atoms with Crippen molar-refractivity contribution in [2.45, 2.75) is 25.7 Å². The van der Waals surface area contributed by atoms with Gasteiger partial charge in [-0.15, -0.1) is 0 Å². The molecule has 1 fully saturated rings. The Labute approximate surface area is 182 Å². The van der Waals surface area contributed by atoms with Crippen molar-refractivity contribution in [1.82, 2.24) is 5.06 Å². The van der Waals surface area contributed by atoms with Crippen LogP contribution in [0.2, 0.25) is 5.02 Å². The van der Waals surface area contributed by atoms with Crippen LogP contribution in [0.5, 0.6) is 5.75 Å². The third-order valence-electron chi connectivity index (χ3n) is 6.84. The monoisotopic (exact) mass is 439 g/mol. The minimum Gasteiger partial charge on any atom is -0.508 e. The number of hydrogen-bond donors (Lipinski definition) is 2. The fourth-order valence-electron chi connectivity index (χ4n) is 5.45. The third kappa shape index (κ3) is 2.70. The van der Waals surface area contributed by atoms with E-state index >= 15 is 0 Å². The van der Waals surface area contributed by atoms with Crippen LogP contribution >= 0.6 is 11.6 Å². The number of nitrogens with zero attached hydrogens (tertiary/aromatic N) is 1. The standard InChI is InChI=1S/C23H18ClNO6/c1-9-6-17(27)15-8-14-11(4-5-13-19(14)23(30)25(31)22(13)29)18(20(15)21(9)28)12-3-2-10(26)7-16(12)24/h2-4,6-7,13-14,18-19,26,31H,5,8H2,1H3/t13-,14+,18+,19-/m0/s1. The van der Waals surface area contributed by atoms with Gasteiger partial charge in [0.2, 0.25) is 0 Å². The Morgan fingerprint density at radius 2 is 1.84 bits per heavy atom. The number of ketones is 2. The molecule has 0 aromatic heterocycles. The summed E-state index contributed by atoms with van der Waals surface area (Å²) in [6.45, 7) is 1.58. The number of hydrogen-bond acceptors (Lipinski definition) is 6. The van der Waals surface area contributed by atoms with Crippen LogP contribution in [-0.2, 0) is 19.2 Å². The van der Waals surface area contributed by atoms with E-state index in [0.29, 0.717) is 22.3 Å². The average Bonchev–Trinajstić information content (AvgIpc) is 2.95. The van der Waals surface area contributed by atoms with Gasteiger partial charge in [-0.05, 0) is 49.5 Å². The molecule has 0 radical (unpaired) electrons. The normalized spacial score (nSPS) is 30.1. The number of benzene rings is 1. The highest BCUT2D eigenvalue weighted by Crippen LogP contribution is 2.55. The van der Waals surface area contributed by atoms with E-state index in [2.05, 4.69) is 0 Å². The predicted octanol–water partition coefficient (Wildman–Crippen LogP) is 2.86. The van der Waals surface area contributed by atoms with Gasteiger partial charge in [-0.1, -0.05) is 29.3 Å². The number of phenols is 1. The lowest BCUT2D eigenvalue weighted by Crippen LogP contribution is -2.39. The number of halogens is 1. The fourth-order valence-corrected chi connectivity index (χ4v) is 5.73. The highest BCUT2D eigenvalue weighted by Gasteiger charge is 2.56. The van der Waals surface area contributed by atoms with Crippen molar-refractivity contribution < 1.29 is 29.5 Å². The number of carbonyl (C=O) groups excluding carboxylic acids is 4. The van der Waals surface area contributed by atoms with Crippen molar-refractivity contribution in [2.75, 3.05) is 0 Å². The summed E-state index contributed by atoms with van der Waals surface area (Å²) in [7, 11) is 0. The van der Waals surface area contributed by atoms with Crippen LogP contribution in [0.1, 0.15) is 31.2 Å². The van der Waals surface area contributed by atoms with Gasteiger partial charge >= 0.3 is 0 Å². The number of fused-ring (bicyclic) bond motifs is 3. The van der Waals surface area contributed by atoms with E-state index in [0.717, 1.165) is 5.57 Å². The maximum Gasteiger partial charge on any atom is 0.257 e. The van der Waals surface area contributed by atoms with E-state index in [1.165, 1.54) is 18.2 Å². The summed E-state index contributed by atoms with van der Waals surface area (Å²) < 4.78 is 0. The van der Waals surface area contributed by atoms with Crippen LogP contribution in [0.25, 0.3) is 0 Å². The first-order valence-corrected chi connectivity index (χ1v) is 10.3. The first kappa shape index (κ1) is 19.9. The van der Waals surface area contributed by atoms with Gasteiger partial charge in [0.1, 0.15) is 5.75 Å². The van der Waals surface area contributed by atoms with E-state index in [4.69, 9.17) is 11.6 Å². The van der Waals surface area contributed by atoms with Crippen molar-refractivity contribution in [3.63, 3.8) is 0 Å². The van der Waals surface area contributed by atoms with Crippen LogP contribution in [0.15, 0.2) is 52.6 Å². The summed E-state index contributed by atoms with van der Waals surface area (Å²) in [5.74, 6) is -4.65. The molecule has 1 aromatic rings. The van der Waals surface area contributed by atoms with E-state index in [9.17, 15) is 29.5 Å². The molecule has 1 aromatic carbocycles. The Kier molecular flexibility index (Phi) is 4.32. The molecular weight excluding hydrogens is 422 g/mol. The number of imide groups is 1. The molecular formula is C23H18ClNO6. The predicted molar refractivity (Wildman–Crippen MR) is 108 cm³/mol. The number of phenolic OH excluding ortho intramolecular Hbond substituents is 1. The zero-order chi connectivity index (χ0) is 22.2. The molecule has 2 N–H and O–H groups in total. The van der Waals surface area contributed by atoms with Gasteiger partial charge in [0, 0.05) is 27.7 Å². The summed E-state index contributed by atoms with van der Waals surface area (Å²) in [5, 5.41) is 20.1. The number of amides is 2. The van der Waals surface area contributed by atoms with Crippen LogP contribution < -0.4 is 0 Å². The Hall–Kier alpha value is -3.03. The molecule has 4 atom stereocenters. The first-order chi connectivity index (χ1) is 14.7. The van der Waals surface area contributed by atoms with E-state index in [1.54, 1.807) is 13.0 Å². The molecule has 0 spiro atoms. The van der Waals surface area contributed by atoms with Crippen LogP contribution in [0.4, 0.5) is 0 Å². The van der Waals surface area contributed by atoms with Crippen molar-refractivity contribution in [3.8, 4) is 5.75 Å². The van der Waals surface area contributed by atoms with Gasteiger partial charge in [-0.3, -0.25) is 24.4 Å². The smallest absolute Gasteiger partial charge is 0.257 e. The maximum absolute atomic E-state index is 13.2. The van der Waals surface area contributed by atoms with Crippen LogP contribution in [-0.4, -0.2) is 38.8 Å². The van der Waals surface area contributed by atoms with Gasteiger partial charge in [0.05, 0.1) is 11.8 Å². The maximum atomic E-state index is 13.2. The lowest BCUT2D eigenvalue weighted by molar-refractivity contribution is -0.173. The Morgan fingerprint density at radius 1 is 1.10 bits per heavy atom. The van der Waals surface area contributed by atoms with E-state index in [-0.39, 0.29) is 40.2 Å². The summed E-state index contributed by atoms with van der Waals surface area (Å²) in [4.78, 5) is 51.1. The molecule has 8 heteroatoms. The molecule has 1 aliphatic heterocycles. The average molecular weight is 440 g/mol. The highest BCUT2D eigenvalue weighted by molar-refractivity contribution is 6.32. The number of allylic oxidation sites excluding steroid dienone is 6. The number of aromatic hydroxyl groups is 1. The molecule has 0 unspecified atom stereocenters. The Balaban J connectivity index is 1.74. The number of rotatable bonds is 1. The van der Waals surface area contributed by atoms with E-state index in [1.807, 2.05) is 6.08 Å². The molecule has 1 saturated heterocycles. The minimum absolute atomic E-state index is 0.0392. The van der Waals surface area contributed by atoms with Crippen LogP contribution in [0.3, 0.4) is 0 Å². The lowest BCUT2D eigenvalue weighted by Gasteiger charge is -2.42. The van der Waals surface area contributed by atoms with Crippen molar-refractivity contribution in [3.05, 3.63) is 63.2 Å². The van der Waals surface area contributed by atoms with Crippen LogP contribution in [0, 0.1) is 17.8 Å². The van der Waals surface area contributed by atoms with Crippen molar-refractivity contribution in [1.29, 1.82) is 0 Å². The molecule has 0 saturated carbocycles. The van der Waals surface area contributed by atoms with Gasteiger partial charge < -0.3 is 5.11 Å². The van der Waals surface area contributed by atoms with E-state index < -0.39 is 35.5 Å².